The molecular weight excluding hydrogens is 270 g/mol. The van der Waals surface area contributed by atoms with Crippen LogP contribution in [-0.4, -0.2) is 42.0 Å². The molecule has 0 aliphatic rings. The maximum Gasteiger partial charge on any atom is 0.177 e. The predicted molar refractivity (Wildman–Crippen MR) is 67.7 cm³/mol. The van der Waals surface area contributed by atoms with Crippen LogP contribution in [0.25, 0.3) is 0 Å². The Balaban J connectivity index is 2.68. The number of benzene rings is 1. The standard InChI is InChI=1S/C12H16BrNO2/c1-2-14(7-8-15)9-12(16)10-5-3-4-6-11(10)13/h3-6,15H,2,7-9H2,1H3. The molecule has 1 rings (SSSR count). The van der Waals surface area contributed by atoms with E-state index < -0.39 is 0 Å². The Morgan fingerprint density at radius 1 is 1.44 bits per heavy atom. The average molecular weight is 286 g/mol. The smallest absolute Gasteiger partial charge is 0.177 e. The van der Waals surface area contributed by atoms with Crippen molar-refractivity contribution in [2.45, 2.75) is 6.92 Å². The zero-order valence-electron chi connectivity index (χ0n) is 9.32. The first-order valence-electron chi connectivity index (χ1n) is 5.30. The molecule has 88 valence electrons. The molecule has 0 fully saturated rings. The number of hydrogen-bond donors (Lipinski definition) is 1. The summed E-state index contributed by atoms with van der Waals surface area (Å²) in [5.41, 5.74) is 0.693. The highest BCUT2D eigenvalue weighted by atomic mass is 79.9. The van der Waals surface area contributed by atoms with Crippen LogP contribution >= 0.6 is 15.9 Å². The van der Waals surface area contributed by atoms with Crippen LogP contribution in [0.1, 0.15) is 17.3 Å². The lowest BCUT2D eigenvalue weighted by Crippen LogP contribution is -2.32. The molecule has 0 bridgehead atoms. The number of aliphatic hydroxyl groups excluding tert-OH is 1. The van der Waals surface area contributed by atoms with Crippen LogP contribution in [0.2, 0.25) is 0 Å². The number of nitrogens with zero attached hydrogens (tertiary/aromatic N) is 1. The fourth-order valence-electron chi connectivity index (χ4n) is 1.47. The van der Waals surface area contributed by atoms with E-state index in [0.717, 1.165) is 11.0 Å². The molecule has 3 nitrogen and oxygen atoms in total. The number of likely N-dealkylation sites (N-methyl/N-ethyl adjacent to an activating group) is 1. The number of ketones is 1. The van der Waals surface area contributed by atoms with Gasteiger partial charge in [0.15, 0.2) is 5.78 Å². The van der Waals surface area contributed by atoms with E-state index in [9.17, 15) is 4.79 Å². The third kappa shape index (κ3) is 3.70. The van der Waals surface area contributed by atoms with Crippen molar-refractivity contribution in [3.05, 3.63) is 34.3 Å². The van der Waals surface area contributed by atoms with Gasteiger partial charge in [-0.05, 0) is 12.6 Å². The van der Waals surface area contributed by atoms with E-state index in [2.05, 4.69) is 15.9 Å². The summed E-state index contributed by atoms with van der Waals surface area (Å²) in [6.07, 6.45) is 0. The Hall–Kier alpha value is -0.710. The highest BCUT2D eigenvalue weighted by Crippen LogP contribution is 2.16. The minimum Gasteiger partial charge on any atom is -0.395 e. The van der Waals surface area contributed by atoms with Gasteiger partial charge in [-0.25, -0.2) is 0 Å². The Morgan fingerprint density at radius 2 is 2.12 bits per heavy atom. The van der Waals surface area contributed by atoms with Crippen molar-refractivity contribution >= 4 is 21.7 Å². The Kier molecular flexibility index (Phi) is 5.66. The third-order valence-corrected chi connectivity index (χ3v) is 3.10. The summed E-state index contributed by atoms with van der Waals surface area (Å²) >= 11 is 3.36. The van der Waals surface area contributed by atoms with Crippen LogP contribution in [0.5, 0.6) is 0 Å². The molecule has 0 atom stereocenters. The molecule has 1 N–H and O–H groups in total. The SMILES string of the molecule is CCN(CCO)CC(=O)c1ccccc1Br. The number of aliphatic hydroxyl groups is 1. The summed E-state index contributed by atoms with van der Waals surface area (Å²) in [7, 11) is 0. The van der Waals surface area contributed by atoms with Gasteiger partial charge in [0.2, 0.25) is 0 Å². The molecule has 1 aromatic carbocycles. The average Bonchev–Trinajstić information content (AvgIpc) is 2.28. The molecule has 0 aliphatic heterocycles. The first-order valence-corrected chi connectivity index (χ1v) is 6.09. The zero-order valence-corrected chi connectivity index (χ0v) is 10.9. The monoisotopic (exact) mass is 285 g/mol. The summed E-state index contributed by atoms with van der Waals surface area (Å²) in [4.78, 5) is 13.9. The lowest BCUT2D eigenvalue weighted by Gasteiger charge is -2.18. The van der Waals surface area contributed by atoms with Crippen LogP contribution in [0.3, 0.4) is 0 Å². The largest absolute Gasteiger partial charge is 0.395 e. The van der Waals surface area contributed by atoms with Crippen LogP contribution in [-0.2, 0) is 0 Å². The van der Waals surface area contributed by atoms with Gasteiger partial charge in [0.25, 0.3) is 0 Å². The quantitative estimate of drug-likeness (QED) is 0.813. The van der Waals surface area contributed by atoms with Crippen molar-refractivity contribution in [3.8, 4) is 0 Å². The molecule has 0 amide bonds. The van der Waals surface area contributed by atoms with E-state index >= 15 is 0 Å². The van der Waals surface area contributed by atoms with Crippen molar-refractivity contribution in [1.82, 2.24) is 4.90 Å². The molecule has 0 radical (unpaired) electrons. The van der Waals surface area contributed by atoms with E-state index in [4.69, 9.17) is 5.11 Å². The van der Waals surface area contributed by atoms with Crippen LogP contribution in [0.4, 0.5) is 0 Å². The predicted octanol–water partition coefficient (Wildman–Crippen LogP) is 1.95. The number of Topliss-reactive ketones (excluding diaryl/α,β-unsaturated/α-hetero) is 1. The fraction of sp³-hybridized carbons (Fsp3) is 0.417. The number of carbonyl (C=O) groups excluding carboxylic acids is 1. The van der Waals surface area contributed by atoms with Crippen LogP contribution in [0.15, 0.2) is 28.7 Å². The summed E-state index contributed by atoms with van der Waals surface area (Å²) in [6, 6.07) is 7.39. The van der Waals surface area contributed by atoms with E-state index in [1.807, 2.05) is 30.0 Å². The second-order valence-electron chi connectivity index (χ2n) is 3.50. The number of rotatable bonds is 6. The lowest BCUT2D eigenvalue weighted by molar-refractivity contribution is 0.0919. The maximum absolute atomic E-state index is 12.0. The van der Waals surface area contributed by atoms with Gasteiger partial charge in [0.05, 0.1) is 13.2 Å². The van der Waals surface area contributed by atoms with Gasteiger partial charge in [-0.2, -0.15) is 0 Å². The van der Waals surface area contributed by atoms with Gasteiger partial charge in [0, 0.05) is 16.6 Å². The Morgan fingerprint density at radius 3 is 2.69 bits per heavy atom. The van der Waals surface area contributed by atoms with Crippen LogP contribution in [0, 0.1) is 0 Å². The van der Waals surface area contributed by atoms with Gasteiger partial charge in [-0.1, -0.05) is 41.1 Å². The number of carbonyl (C=O) groups is 1. The van der Waals surface area contributed by atoms with Crippen molar-refractivity contribution in [2.75, 3.05) is 26.2 Å². The zero-order chi connectivity index (χ0) is 12.0. The van der Waals surface area contributed by atoms with Crippen molar-refractivity contribution < 1.29 is 9.90 Å². The topological polar surface area (TPSA) is 40.5 Å². The second-order valence-corrected chi connectivity index (χ2v) is 4.35. The van der Waals surface area contributed by atoms with Gasteiger partial charge < -0.3 is 5.11 Å². The first-order chi connectivity index (χ1) is 7.69. The van der Waals surface area contributed by atoms with Crippen LogP contribution < -0.4 is 0 Å². The van der Waals surface area contributed by atoms with Crippen molar-refractivity contribution in [3.63, 3.8) is 0 Å². The Labute approximate surface area is 104 Å². The summed E-state index contributed by atoms with van der Waals surface area (Å²) in [6.45, 7) is 3.70. The Bertz CT molecular complexity index is 355. The molecule has 4 heteroatoms. The molecule has 16 heavy (non-hydrogen) atoms. The molecule has 0 aromatic heterocycles. The van der Waals surface area contributed by atoms with Crippen molar-refractivity contribution in [2.24, 2.45) is 0 Å². The van der Waals surface area contributed by atoms with Crippen molar-refractivity contribution in [1.29, 1.82) is 0 Å². The highest BCUT2D eigenvalue weighted by molar-refractivity contribution is 9.10. The second kappa shape index (κ2) is 6.78. The molecule has 0 spiro atoms. The summed E-state index contributed by atoms with van der Waals surface area (Å²) in [5.74, 6) is 0.0720. The van der Waals surface area contributed by atoms with Gasteiger partial charge >= 0.3 is 0 Å². The summed E-state index contributed by atoms with van der Waals surface area (Å²) < 4.78 is 0.819. The molecular formula is C12H16BrNO2. The van der Waals surface area contributed by atoms with E-state index in [1.54, 1.807) is 6.07 Å². The first kappa shape index (κ1) is 13.4. The third-order valence-electron chi connectivity index (χ3n) is 2.40. The van der Waals surface area contributed by atoms with E-state index in [0.29, 0.717) is 18.7 Å². The molecule has 0 saturated carbocycles. The number of hydrogen-bond acceptors (Lipinski definition) is 3. The minimum absolute atomic E-state index is 0.0720. The lowest BCUT2D eigenvalue weighted by atomic mass is 10.1. The maximum atomic E-state index is 12.0. The van der Waals surface area contributed by atoms with E-state index in [1.165, 1.54) is 0 Å². The molecule has 0 heterocycles. The molecule has 0 aliphatic carbocycles. The number of halogens is 1. The van der Waals surface area contributed by atoms with Gasteiger partial charge in [0.1, 0.15) is 0 Å². The van der Waals surface area contributed by atoms with Gasteiger partial charge in [-0.3, -0.25) is 9.69 Å². The summed E-state index contributed by atoms with van der Waals surface area (Å²) in [5, 5.41) is 8.84. The minimum atomic E-state index is 0.0720. The van der Waals surface area contributed by atoms with E-state index in [-0.39, 0.29) is 12.4 Å². The fourth-order valence-corrected chi connectivity index (χ4v) is 1.97. The molecule has 0 saturated heterocycles. The molecule has 0 unspecified atom stereocenters. The molecule has 1 aromatic rings. The van der Waals surface area contributed by atoms with Gasteiger partial charge in [-0.15, -0.1) is 0 Å². The normalized spacial score (nSPS) is 10.8. The highest BCUT2D eigenvalue weighted by Gasteiger charge is 2.12.